The van der Waals surface area contributed by atoms with E-state index in [4.69, 9.17) is 4.74 Å². The molecule has 0 atom stereocenters. The van der Waals surface area contributed by atoms with Gasteiger partial charge in [0.05, 0.1) is 0 Å². The molecule has 0 aliphatic heterocycles. The van der Waals surface area contributed by atoms with E-state index in [-0.39, 0.29) is 5.97 Å². The summed E-state index contributed by atoms with van der Waals surface area (Å²) >= 11 is -2.29. The molecule has 0 fully saturated rings. The first-order valence-electron chi connectivity index (χ1n) is 5.30. The number of carbonyl (C=O) groups is 1. The molecular formula is C13H18O2Sn. The van der Waals surface area contributed by atoms with Crippen LogP contribution in [-0.2, 0) is 9.53 Å². The first-order chi connectivity index (χ1) is 7.45. The van der Waals surface area contributed by atoms with E-state index in [0.29, 0.717) is 0 Å². The summed E-state index contributed by atoms with van der Waals surface area (Å²) in [5.41, 5.74) is 1.15. The van der Waals surface area contributed by atoms with Crippen molar-refractivity contribution < 1.29 is 9.53 Å². The van der Waals surface area contributed by atoms with Gasteiger partial charge in [0, 0.05) is 0 Å². The van der Waals surface area contributed by atoms with Crippen molar-refractivity contribution in [3.63, 3.8) is 0 Å². The van der Waals surface area contributed by atoms with E-state index < -0.39 is 18.4 Å². The van der Waals surface area contributed by atoms with Crippen LogP contribution in [0.4, 0.5) is 0 Å². The Labute approximate surface area is 101 Å². The zero-order valence-electron chi connectivity index (χ0n) is 10.3. The van der Waals surface area contributed by atoms with Gasteiger partial charge >= 0.3 is 101 Å². The fourth-order valence-corrected chi connectivity index (χ4v) is 6.05. The van der Waals surface area contributed by atoms with Gasteiger partial charge in [-0.2, -0.15) is 0 Å². The zero-order chi connectivity index (χ0) is 12.2. The van der Waals surface area contributed by atoms with Gasteiger partial charge in [0.15, 0.2) is 0 Å². The number of rotatable bonds is 3. The van der Waals surface area contributed by atoms with E-state index in [1.54, 1.807) is 6.08 Å². The monoisotopic (exact) mass is 326 g/mol. The first kappa shape index (κ1) is 13.3. The summed E-state index contributed by atoms with van der Waals surface area (Å²) in [6, 6.07) is 10.1. The molecule has 0 saturated heterocycles. The third kappa shape index (κ3) is 3.67. The van der Waals surface area contributed by atoms with Crippen molar-refractivity contribution in [2.75, 3.05) is 7.11 Å². The summed E-state index contributed by atoms with van der Waals surface area (Å²) in [4.78, 5) is 18.2. The second-order valence-electron chi connectivity index (χ2n) is 4.70. The first-order valence-corrected chi connectivity index (χ1v) is 15.3. The summed E-state index contributed by atoms with van der Waals surface area (Å²) < 4.78 is 5.91. The van der Waals surface area contributed by atoms with Crippen LogP contribution in [0.15, 0.2) is 36.4 Å². The standard InChI is InChI=1S/C10H9O2.3CH3.Sn/c1-12-10(11)8-7-9-5-3-2-4-6-9;;;;/h2-6,8H,1H3;3*1H3;. The summed E-state index contributed by atoms with van der Waals surface area (Å²) in [5, 5.41) is 0. The molecule has 0 N–H and O–H groups in total. The van der Waals surface area contributed by atoms with Crippen molar-refractivity contribution in [2.24, 2.45) is 0 Å². The van der Waals surface area contributed by atoms with Gasteiger partial charge in [-0.25, -0.2) is 0 Å². The van der Waals surface area contributed by atoms with E-state index in [1.165, 1.54) is 10.7 Å². The molecule has 0 heterocycles. The summed E-state index contributed by atoms with van der Waals surface area (Å²) in [7, 11) is 1.42. The molecule has 0 unspecified atom stereocenters. The zero-order valence-corrected chi connectivity index (χ0v) is 13.1. The Morgan fingerprint density at radius 3 is 2.19 bits per heavy atom. The number of ether oxygens (including phenoxy) is 1. The van der Waals surface area contributed by atoms with Crippen LogP contribution in [0.2, 0.25) is 14.8 Å². The van der Waals surface area contributed by atoms with Gasteiger partial charge in [0.1, 0.15) is 0 Å². The minimum atomic E-state index is -2.29. The maximum absolute atomic E-state index is 11.4. The Bertz CT molecular complexity index is 388. The average Bonchev–Trinajstić information content (AvgIpc) is 2.25. The van der Waals surface area contributed by atoms with Gasteiger partial charge in [-0.1, -0.05) is 0 Å². The van der Waals surface area contributed by atoms with Gasteiger partial charge in [0.25, 0.3) is 0 Å². The van der Waals surface area contributed by atoms with Crippen LogP contribution in [0.25, 0.3) is 3.59 Å². The van der Waals surface area contributed by atoms with Gasteiger partial charge < -0.3 is 0 Å². The van der Waals surface area contributed by atoms with Crippen molar-refractivity contribution in [3.8, 4) is 0 Å². The number of hydrogen-bond donors (Lipinski definition) is 0. The summed E-state index contributed by atoms with van der Waals surface area (Å²) in [5.74, 6) is -0.259. The molecule has 0 aliphatic carbocycles. The van der Waals surface area contributed by atoms with E-state index in [0.717, 1.165) is 5.56 Å². The third-order valence-corrected chi connectivity index (χ3v) is 8.20. The molecule has 16 heavy (non-hydrogen) atoms. The number of methoxy groups -OCH3 is 1. The SMILES string of the molecule is COC(=O)/C=[C](/c1ccccc1)[Sn]([CH3])([CH3])[CH3]. The molecule has 0 aliphatic rings. The van der Waals surface area contributed by atoms with Crippen molar-refractivity contribution in [1.29, 1.82) is 0 Å². The molecule has 2 nitrogen and oxygen atoms in total. The van der Waals surface area contributed by atoms with Crippen LogP contribution in [0.3, 0.4) is 0 Å². The number of benzene rings is 1. The van der Waals surface area contributed by atoms with Gasteiger partial charge in [-0.15, -0.1) is 0 Å². The number of hydrogen-bond acceptors (Lipinski definition) is 2. The average molecular weight is 325 g/mol. The molecule has 86 valence electrons. The summed E-state index contributed by atoms with van der Waals surface area (Å²) in [6.07, 6.45) is 1.66. The molecular weight excluding hydrogens is 307 g/mol. The Hall–Kier alpha value is -0.771. The molecule has 0 spiro atoms. The van der Waals surface area contributed by atoms with Crippen LogP contribution in [-0.4, -0.2) is 31.5 Å². The van der Waals surface area contributed by atoms with Crippen molar-refractivity contribution >= 4 is 27.9 Å². The fourth-order valence-electron chi connectivity index (χ4n) is 1.53. The van der Waals surface area contributed by atoms with Crippen LogP contribution in [0.5, 0.6) is 0 Å². The normalized spacial score (nSPS) is 12.4. The molecule has 0 saturated carbocycles. The van der Waals surface area contributed by atoms with Crippen LogP contribution in [0.1, 0.15) is 5.56 Å². The molecule has 1 rings (SSSR count). The van der Waals surface area contributed by atoms with E-state index in [1.807, 2.05) is 18.2 Å². The molecule has 0 aromatic heterocycles. The Kier molecular flexibility index (Phi) is 4.59. The maximum atomic E-state index is 11.4. The van der Waals surface area contributed by atoms with Crippen LogP contribution < -0.4 is 0 Å². The molecule has 0 amide bonds. The van der Waals surface area contributed by atoms with E-state index in [9.17, 15) is 4.79 Å². The van der Waals surface area contributed by atoms with E-state index in [2.05, 4.69) is 27.0 Å². The van der Waals surface area contributed by atoms with Gasteiger partial charge in [-0.05, 0) is 0 Å². The number of carbonyl (C=O) groups excluding carboxylic acids is 1. The van der Waals surface area contributed by atoms with Crippen molar-refractivity contribution in [2.45, 2.75) is 14.8 Å². The van der Waals surface area contributed by atoms with Crippen molar-refractivity contribution in [3.05, 3.63) is 42.0 Å². The van der Waals surface area contributed by atoms with Crippen molar-refractivity contribution in [1.82, 2.24) is 0 Å². The molecule has 0 radical (unpaired) electrons. The minimum absolute atomic E-state index is 0.259. The molecule has 1 aromatic rings. The Balaban J connectivity index is 3.18. The second-order valence-corrected chi connectivity index (χ2v) is 19.1. The third-order valence-electron chi connectivity index (χ3n) is 2.36. The van der Waals surface area contributed by atoms with Gasteiger partial charge in [0.2, 0.25) is 0 Å². The Morgan fingerprint density at radius 2 is 1.75 bits per heavy atom. The van der Waals surface area contributed by atoms with Crippen LogP contribution in [0, 0.1) is 0 Å². The van der Waals surface area contributed by atoms with Crippen LogP contribution >= 0.6 is 0 Å². The van der Waals surface area contributed by atoms with Gasteiger partial charge in [-0.3, -0.25) is 0 Å². The fraction of sp³-hybridized carbons (Fsp3) is 0.308. The summed E-state index contributed by atoms with van der Waals surface area (Å²) in [6.45, 7) is 0. The quantitative estimate of drug-likeness (QED) is 0.485. The number of esters is 1. The second kappa shape index (κ2) is 5.53. The Morgan fingerprint density at radius 1 is 1.19 bits per heavy atom. The predicted octanol–water partition coefficient (Wildman–Crippen LogP) is 3.12. The topological polar surface area (TPSA) is 26.3 Å². The molecule has 0 bridgehead atoms. The predicted molar refractivity (Wildman–Crippen MR) is 69.8 cm³/mol. The molecule has 1 aromatic carbocycles. The van der Waals surface area contributed by atoms with E-state index >= 15 is 0 Å². The molecule has 3 heteroatoms.